The predicted molar refractivity (Wildman–Crippen MR) is 162 cm³/mol. The van der Waals surface area contributed by atoms with Gasteiger partial charge in [-0.05, 0) is 120 Å². The van der Waals surface area contributed by atoms with Gasteiger partial charge in [0, 0.05) is 47.7 Å². The number of carbonyl (C=O) groups is 1. The Balaban J connectivity index is 1.73. The number of halogens is 3. The van der Waals surface area contributed by atoms with Gasteiger partial charge in [-0.15, -0.1) is 0 Å². The van der Waals surface area contributed by atoms with E-state index in [0.717, 1.165) is 66.9 Å². The summed E-state index contributed by atoms with van der Waals surface area (Å²) in [6, 6.07) is 11.5. The molecule has 1 saturated carbocycles. The number of hydrogen-bond acceptors (Lipinski definition) is 4. The molecule has 0 radical (unpaired) electrons. The molecule has 0 atom stereocenters. The molecule has 1 amide bonds. The van der Waals surface area contributed by atoms with Crippen LogP contribution in [0.3, 0.4) is 0 Å². The van der Waals surface area contributed by atoms with Gasteiger partial charge in [0.15, 0.2) is 0 Å². The Kier molecular flexibility index (Phi) is 9.50. The average Bonchev–Trinajstić information content (AvgIpc) is 2.93. The van der Waals surface area contributed by atoms with Gasteiger partial charge in [-0.3, -0.25) is 9.59 Å². The number of aromatic nitrogens is 1. The lowest BCUT2D eigenvalue weighted by atomic mass is 9.88. The van der Waals surface area contributed by atoms with Gasteiger partial charge in [0.2, 0.25) is 0 Å². The predicted octanol–water partition coefficient (Wildman–Crippen LogP) is 6.62. The van der Waals surface area contributed by atoms with Crippen LogP contribution in [0, 0.1) is 20.8 Å². The Hall–Kier alpha value is -3.59. The summed E-state index contributed by atoms with van der Waals surface area (Å²) in [6.07, 6.45) is -0.263. The normalized spacial score (nSPS) is 17.4. The van der Waals surface area contributed by atoms with Gasteiger partial charge in [-0.2, -0.15) is 13.2 Å². The number of benzene rings is 2. The van der Waals surface area contributed by atoms with E-state index in [1.54, 1.807) is 13.0 Å². The maximum atomic E-state index is 13.7. The molecule has 4 rings (SSSR count). The van der Waals surface area contributed by atoms with Crippen LogP contribution in [-0.2, 0) is 12.7 Å². The fraction of sp³-hybridized carbons (Fsp3) is 0.455. The minimum Gasteiger partial charge on any atom is -0.369 e. The first-order valence-electron chi connectivity index (χ1n) is 14.5. The van der Waals surface area contributed by atoms with Gasteiger partial charge >= 0.3 is 6.18 Å². The third-order valence-corrected chi connectivity index (χ3v) is 8.58. The summed E-state index contributed by atoms with van der Waals surface area (Å²) in [5.41, 5.74) is 4.46. The molecule has 3 aromatic rings. The van der Waals surface area contributed by atoms with Crippen LogP contribution in [0.15, 0.2) is 47.3 Å². The molecule has 2 N–H and O–H groups in total. The topological polar surface area (TPSA) is 68.4 Å². The lowest BCUT2D eigenvalue weighted by molar-refractivity contribution is -0.137. The standard InChI is InChI=1S/C33H41F3N4O2/c1-7-40(27-14-12-26(13-15-27)39(5)6)30-18-24(23-8-10-25(11-9-23)33(34,35)36)17-28(22(30)4)31(41)37-19-29-20(2)16-21(3)38-32(29)42/h8-11,16-18,26-27H,7,12-15,19H2,1-6H3,(H,37,41)(H,38,42)/t26-,27-. The minimum atomic E-state index is -4.43. The van der Waals surface area contributed by atoms with Crippen LogP contribution in [-0.4, -0.2) is 48.5 Å². The number of nitrogens with one attached hydrogen (secondary N) is 2. The largest absolute Gasteiger partial charge is 0.416 e. The second-order valence-corrected chi connectivity index (χ2v) is 11.6. The molecule has 42 heavy (non-hydrogen) atoms. The lowest BCUT2D eigenvalue weighted by Gasteiger charge is -2.40. The molecule has 1 aromatic heterocycles. The van der Waals surface area contributed by atoms with E-state index < -0.39 is 11.7 Å². The number of nitrogens with zero attached hydrogens (tertiary/aromatic N) is 2. The van der Waals surface area contributed by atoms with E-state index in [0.29, 0.717) is 28.3 Å². The zero-order valence-electron chi connectivity index (χ0n) is 25.3. The molecule has 0 bridgehead atoms. The number of carbonyl (C=O) groups excluding carboxylic acids is 1. The third-order valence-electron chi connectivity index (χ3n) is 8.58. The summed E-state index contributed by atoms with van der Waals surface area (Å²) in [6.45, 7) is 8.44. The number of aryl methyl sites for hydroxylation is 2. The number of amides is 1. The van der Waals surface area contributed by atoms with Crippen molar-refractivity contribution in [3.8, 4) is 11.1 Å². The van der Waals surface area contributed by atoms with Crippen LogP contribution in [0.25, 0.3) is 11.1 Å². The molecular weight excluding hydrogens is 541 g/mol. The highest BCUT2D eigenvalue weighted by molar-refractivity contribution is 5.99. The van der Waals surface area contributed by atoms with Gasteiger partial charge in [0.05, 0.1) is 5.56 Å². The number of alkyl halides is 3. The zero-order chi connectivity index (χ0) is 30.8. The van der Waals surface area contributed by atoms with Gasteiger partial charge in [-0.25, -0.2) is 0 Å². The van der Waals surface area contributed by atoms with Crippen LogP contribution >= 0.6 is 0 Å². The van der Waals surface area contributed by atoms with Crippen LogP contribution in [0.5, 0.6) is 0 Å². The van der Waals surface area contributed by atoms with Crippen LogP contribution in [0.2, 0.25) is 0 Å². The molecule has 9 heteroatoms. The molecule has 1 heterocycles. The quantitative estimate of drug-likeness (QED) is 0.314. The highest BCUT2D eigenvalue weighted by atomic mass is 19.4. The van der Waals surface area contributed by atoms with Crippen molar-refractivity contribution in [2.24, 2.45) is 0 Å². The zero-order valence-corrected chi connectivity index (χ0v) is 25.3. The molecular formula is C33H41F3N4O2. The number of aromatic amines is 1. The SMILES string of the molecule is CCN(c1cc(-c2ccc(C(F)(F)F)cc2)cc(C(=O)NCc2c(C)cc(C)[nH]c2=O)c1C)[C@H]1CC[C@H](N(C)C)CC1. The fourth-order valence-electron chi connectivity index (χ4n) is 6.13. The van der Waals surface area contributed by atoms with E-state index >= 15 is 0 Å². The van der Waals surface area contributed by atoms with Crippen molar-refractivity contribution in [3.63, 3.8) is 0 Å². The van der Waals surface area contributed by atoms with E-state index in [2.05, 4.69) is 41.1 Å². The van der Waals surface area contributed by atoms with Crippen molar-refractivity contribution in [2.45, 2.75) is 78.2 Å². The third kappa shape index (κ3) is 6.89. The summed E-state index contributed by atoms with van der Waals surface area (Å²) in [7, 11) is 4.22. The van der Waals surface area contributed by atoms with Gasteiger partial charge in [-0.1, -0.05) is 12.1 Å². The highest BCUT2D eigenvalue weighted by Crippen LogP contribution is 2.37. The first kappa shape index (κ1) is 31.3. The van der Waals surface area contributed by atoms with E-state index in [1.807, 2.05) is 26.0 Å². The molecule has 0 aliphatic heterocycles. The summed E-state index contributed by atoms with van der Waals surface area (Å²) < 4.78 is 39.8. The van der Waals surface area contributed by atoms with Gasteiger partial charge < -0.3 is 20.1 Å². The molecule has 2 aromatic carbocycles. The lowest BCUT2D eigenvalue weighted by Crippen LogP contribution is -2.42. The number of anilines is 1. The van der Waals surface area contributed by atoms with Crippen LogP contribution in [0.1, 0.15) is 70.9 Å². The fourth-order valence-corrected chi connectivity index (χ4v) is 6.13. The summed E-state index contributed by atoms with van der Waals surface area (Å²) in [4.78, 5) is 33.6. The number of pyridine rings is 1. The van der Waals surface area contributed by atoms with Crippen molar-refractivity contribution < 1.29 is 18.0 Å². The van der Waals surface area contributed by atoms with Crippen LogP contribution in [0.4, 0.5) is 18.9 Å². The van der Waals surface area contributed by atoms with E-state index in [4.69, 9.17) is 0 Å². The van der Waals surface area contributed by atoms with Crippen molar-refractivity contribution >= 4 is 11.6 Å². The van der Waals surface area contributed by atoms with Gasteiger partial charge in [0.1, 0.15) is 0 Å². The number of hydrogen-bond donors (Lipinski definition) is 2. The molecule has 1 aliphatic carbocycles. The van der Waals surface area contributed by atoms with E-state index in [9.17, 15) is 22.8 Å². The van der Waals surface area contributed by atoms with Gasteiger partial charge in [0.25, 0.3) is 11.5 Å². The second kappa shape index (κ2) is 12.7. The van der Waals surface area contributed by atoms with E-state index in [1.165, 1.54) is 12.1 Å². The Morgan fingerprint density at radius 3 is 2.12 bits per heavy atom. The smallest absolute Gasteiger partial charge is 0.369 e. The van der Waals surface area contributed by atoms with E-state index in [-0.39, 0.29) is 24.1 Å². The summed E-state index contributed by atoms with van der Waals surface area (Å²) in [5, 5.41) is 2.92. The first-order chi connectivity index (χ1) is 19.8. The molecule has 1 aliphatic rings. The molecule has 6 nitrogen and oxygen atoms in total. The number of H-pyrrole nitrogens is 1. The Morgan fingerprint density at radius 2 is 1.57 bits per heavy atom. The molecule has 0 spiro atoms. The molecule has 0 unspecified atom stereocenters. The molecule has 1 fully saturated rings. The summed E-state index contributed by atoms with van der Waals surface area (Å²) in [5.74, 6) is -0.339. The van der Waals surface area contributed by atoms with Crippen molar-refractivity contribution in [1.29, 1.82) is 0 Å². The summed E-state index contributed by atoms with van der Waals surface area (Å²) >= 11 is 0. The first-order valence-corrected chi connectivity index (χ1v) is 14.5. The molecule has 0 saturated heterocycles. The average molecular weight is 583 g/mol. The Bertz CT molecular complexity index is 1470. The molecule has 226 valence electrons. The maximum absolute atomic E-state index is 13.7. The Morgan fingerprint density at radius 1 is 0.952 bits per heavy atom. The second-order valence-electron chi connectivity index (χ2n) is 11.6. The van der Waals surface area contributed by atoms with Crippen molar-refractivity contribution in [1.82, 2.24) is 15.2 Å². The highest BCUT2D eigenvalue weighted by Gasteiger charge is 2.31. The maximum Gasteiger partial charge on any atom is 0.416 e. The van der Waals surface area contributed by atoms with Crippen LogP contribution < -0.4 is 15.8 Å². The Labute approximate surface area is 245 Å². The number of rotatable bonds is 8. The van der Waals surface area contributed by atoms with Crippen molar-refractivity contribution in [3.05, 3.63) is 86.3 Å². The minimum absolute atomic E-state index is 0.0611. The monoisotopic (exact) mass is 582 g/mol. The van der Waals surface area contributed by atoms with Crippen molar-refractivity contribution in [2.75, 3.05) is 25.5 Å².